The lowest BCUT2D eigenvalue weighted by atomic mass is 10.2. The number of carbonyl (C=O) groups is 1. The largest absolute Gasteiger partial charge is 0.358 e. The van der Waals surface area contributed by atoms with Crippen molar-refractivity contribution >= 4 is 17.7 Å². The third-order valence-corrected chi connectivity index (χ3v) is 3.17. The van der Waals surface area contributed by atoms with Crippen LogP contribution in [0.3, 0.4) is 0 Å². The van der Waals surface area contributed by atoms with Crippen LogP contribution in [0.5, 0.6) is 0 Å². The maximum Gasteiger partial charge on any atom is 0.251 e. The molecule has 1 amide bonds. The summed E-state index contributed by atoms with van der Waals surface area (Å²) in [5, 5.41) is 2.78. The van der Waals surface area contributed by atoms with E-state index in [4.69, 9.17) is 0 Å². The van der Waals surface area contributed by atoms with E-state index >= 15 is 0 Å². The summed E-state index contributed by atoms with van der Waals surface area (Å²) < 4.78 is 0. The molecule has 0 aromatic carbocycles. The first-order valence-electron chi connectivity index (χ1n) is 5.55. The highest BCUT2D eigenvalue weighted by Crippen LogP contribution is 2.18. The number of H-pyrrole nitrogens is 1. The number of nitrogens with one attached hydrogen (secondary N) is 2. The van der Waals surface area contributed by atoms with Crippen LogP contribution < -0.4 is 10.9 Å². The average Bonchev–Trinajstić information content (AvgIpc) is 2.27. The molecule has 0 aliphatic heterocycles. The van der Waals surface area contributed by atoms with Gasteiger partial charge in [0.05, 0.1) is 5.25 Å². The molecule has 0 radical (unpaired) electrons. The van der Waals surface area contributed by atoms with E-state index in [1.54, 1.807) is 14.0 Å². The van der Waals surface area contributed by atoms with Crippen LogP contribution in [0.15, 0.2) is 16.0 Å². The van der Waals surface area contributed by atoms with E-state index in [1.165, 1.54) is 17.8 Å². The van der Waals surface area contributed by atoms with Gasteiger partial charge in [0, 0.05) is 18.8 Å². The van der Waals surface area contributed by atoms with Crippen LogP contribution in [0, 0.1) is 0 Å². The molecule has 1 heterocycles. The van der Waals surface area contributed by atoms with Gasteiger partial charge in [0.2, 0.25) is 5.91 Å². The Bertz CT molecular complexity index is 445. The molecule has 5 nitrogen and oxygen atoms in total. The molecule has 1 rings (SSSR count). The number of nitrogens with zero attached hydrogens (tertiary/aromatic N) is 1. The van der Waals surface area contributed by atoms with E-state index in [2.05, 4.69) is 15.3 Å². The molecule has 94 valence electrons. The molecule has 0 fully saturated rings. The van der Waals surface area contributed by atoms with Gasteiger partial charge < -0.3 is 10.3 Å². The van der Waals surface area contributed by atoms with Gasteiger partial charge in [-0.1, -0.05) is 25.1 Å². The summed E-state index contributed by atoms with van der Waals surface area (Å²) >= 11 is 1.25. The first-order chi connectivity index (χ1) is 8.06. The minimum Gasteiger partial charge on any atom is -0.358 e. The van der Waals surface area contributed by atoms with Crippen molar-refractivity contribution in [2.45, 2.75) is 37.1 Å². The molecule has 2 N–H and O–H groups in total. The van der Waals surface area contributed by atoms with Crippen molar-refractivity contribution in [3.8, 4) is 0 Å². The molecular formula is C11H17N3O2S. The van der Waals surface area contributed by atoms with Crippen LogP contribution in [0.4, 0.5) is 0 Å². The second kappa shape index (κ2) is 6.44. The van der Waals surface area contributed by atoms with Crippen molar-refractivity contribution in [3.63, 3.8) is 0 Å². The minimum atomic E-state index is -0.278. The van der Waals surface area contributed by atoms with E-state index in [0.717, 1.165) is 18.5 Å². The monoisotopic (exact) mass is 255 g/mol. The number of thioether (sulfide) groups is 1. The van der Waals surface area contributed by atoms with Gasteiger partial charge in [0.1, 0.15) is 0 Å². The Kier molecular flexibility index (Phi) is 5.21. The maximum absolute atomic E-state index is 11.4. The van der Waals surface area contributed by atoms with Crippen LogP contribution in [-0.2, 0) is 11.2 Å². The topological polar surface area (TPSA) is 74.8 Å². The Balaban J connectivity index is 2.83. The van der Waals surface area contributed by atoms with Gasteiger partial charge in [0.25, 0.3) is 5.56 Å². The molecule has 1 aromatic rings. The Hall–Kier alpha value is -1.30. The predicted molar refractivity (Wildman–Crippen MR) is 68.2 cm³/mol. The first kappa shape index (κ1) is 13.8. The van der Waals surface area contributed by atoms with Crippen molar-refractivity contribution in [3.05, 3.63) is 22.1 Å². The normalized spacial score (nSPS) is 12.2. The Morgan fingerprint density at radius 1 is 1.65 bits per heavy atom. The lowest BCUT2D eigenvalue weighted by Crippen LogP contribution is -2.27. The third-order valence-electron chi connectivity index (χ3n) is 2.18. The summed E-state index contributed by atoms with van der Waals surface area (Å²) in [5.41, 5.74) is 0.595. The number of aromatic amines is 1. The molecule has 0 aliphatic carbocycles. The second-order valence-electron chi connectivity index (χ2n) is 3.67. The van der Waals surface area contributed by atoms with E-state index in [-0.39, 0.29) is 16.7 Å². The molecule has 1 aromatic heterocycles. The van der Waals surface area contributed by atoms with Gasteiger partial charge in [-0.3, -0.25) is 9.59 Å². The van der Waals surface area contributed by atoms with Gasteiger partial charge in [-0.15, -0.1) is 0 Å². The zero-order valence-corrected chi connectivity index (χ0v) is 11.1. The molecule has 6 heteroatoms. The van der Waals surface area contributed by atoms with Gasteiger partial charge in [-0.2, -0.15) is 0 Å². The highest BCUT2D eigenvalue weighted by atomic mass is 32.2. The first-order valence-corrected chi connectivity index (χ1v) is 6.43. The Morgan fingerprint density at radius 3 is 2.94 bits per heavy atom. The van der Waals surface area contributed by atoms with Crippen LogP contribution in [0.1, 0.15) is 26.0 Å². The molecule has 17 heavy (non-hydrogen) atoms. The van der Waals surface area contributed by atoms with Crippen molar-refractivity contribution in [2.24, 2.45) is 0 Å². The quantitative estimate of drug-likeness (QED) is 0.607. The molecule has 0 saturated heterocycles. The van der Waals surface area contributed by atoms with E-state index in [9.17, 15) is 9.59 Å². The Labute approximate surface area is 104 Å². The minimum absolute atomic E-state index is 0.0847. The number of carbonyl (C=O) groups excluding carboxylic acids is 1. The summed E-state index contributed by atoms with van der Waals surface area (Å²) in [6, 6.07) is 1.50. The number of aryl methyl sites for hydroxylation is 1. The molecule has 0 unspecified atom stereocenters. The van der Waals surface area contributed by atoms with Crippen molar-refractivity contribution in [2.75, 3.05) is 7.05 Å². The van der Waals surface area contributed by atoms with E-state index in [1.807, 2.05) is 6.92 Å². The van der Waals surface area contributed by atoms with Gasteiger partial charge in [-0.05, 0) is 13.3 Å². The lowest BCUT2D eigenvalue weighted by Gasteiger charge is -2.09. The molecule has 0 spiro atoms. The molecule has 0 aliphatic rings. The van der Waals surface area contributed by atoms with Crippen LogP contribution in [0.2, 0.25) is 0 Å². The van der Waals surface area contributed by atoms with Gasteiger partial charge in [-0.25, -0.2) is 4.98 Å². The van der Waals surface area contributed by atoms with Crippen molar-refractivity contribution < 1.29 is 4.79 Å². The van der Waals surface area contributed by atoms with E-state index < -0.39 is 0 Å². The summed E-state index contributed by atoms with van der Waals surface area (Å²) in [6.07, 6.45) is 1.71. The fourth-order valence-corrected chi connectivity index (χ4v) is 2.24. The summed E-state index contributed by atoms with van der Waals surface area (Å²) in [6.45, 7) is 3.80. The van der Waals surface area contributed by atoms with Gasteiger partial charge >= 0.3 is 0 Å². The zero-order valence-electron chi connectivity index (χ0n) is 10.2. The van der Waals surface area contributed by atoms with Crippen LogP contribution in [0.25, 0.3) is 0 Å². The van der Waals surface area contributed by atoms with Gasteiger partial charge in [0.15, 0.2) is 5.16 Å². The maximum atomic E-state index is 11.4. The average molecular weight is 255 g/mol. The second-order valence-corrected chi connectivity index (χ2v) is 5.00. The number of hydrogen-bond donors (Lipinski definition) is 2. The smallest absolute Gasteiger partial charge is 0.251 e. The highest BCUT2D eigenvalue weighted by molar-refractivity contribution is 8.00. The van der Waals surface area contributed by atoms with Crippen LogP contribution in [-0.4, -0.2) is 28.2 Å². The molecule has 0 saturated carbocycles. The molecule has 0 bridgehead atoms. The fraction of sp³-hybridized carbons (Fsp3) is 0.545. The van der Waals surface area contributed by atoms with Crippen molar-refractivity contribution in [1.29, 1.82) is 0 Å². The third kappa shape index (κ3) is 4.22. The summed E-state index contributed by atoms with van der Waals surface area (Å²) in [7, 11) is 1.59. The Morgan fingerprint density at radius 2 is 2.35 bits per heavy atom. The van der Waals surface area contributed by atoms with Crippen LogP contribution >= 0.6 is 11.8 Å². The fourth-order valence-electron chi connectivity index (χ4n) is 1.35. The lowest BCUT2D eigenvalue weighted by molar-refractivity contribution is -0.119. The van der Waals surface area contributed by atoms with E-state index in [0.29, 0.717) is 5.16 Å². The standard InChI is InChI=1S/C11H17N3O2S/c1-4-5-8-6-9(15)14-11(13-8)17-7(2)10(16)12-3/h6-7H,4-5H2,1-3H3,(H,12,16)(H,13,14,15)/t7-/m0/s1. The molecule has 1 atom stereocenters. The number of rotatable bonds is 5. The number of hydrogen-bond acceptors (Lipinski definition) is 4. The zero-order chi connectivity index (χ0) is 12.8. The summed E-state index contributed by atoms with van der Waals surface area (Å²) in [5.74, 6) is -0.0847. The highest BCUT2D eigenvalue weighted by Gasteiger charge is 2.14. The predicted octanol–water partition coefficient (Wildman–Crippen LogP) is 0.949. The summed E-state index contributed by atoms with van der Waals surface area (Å²) in [4.78, 5) is 29.7. The van der Waals surface area contributed by atoms with Crippen molar-refractivity contribution in [1.82, 2.24) is 15.3 Å². The number of aromatic nitrogens is 2. The number of amides is 1. The molecular weight excluding hydrogens is 238 g/mol. The SMILES string of the molecule is CCCc1cc(=O)[nH]c(S[C@@H](C)C(=O)NC)n1.